The zero-order valence-corrected chi connectivity index (χ0v) is 16.8. The number of rotatable bonds is 7. The fourth-order valence-corrected chi connectivity index (χ4v) is 4.58. The number of hydrogen-bond acceptors (Lipinski definition) is 6. The molecule has 0 spiro atoms. The van der Waals surface area contributed by atoms with Gasteiger partial charge in [-0.3, -0.25) is 9.59 Å². The lowest BCUT2D eigenvalue weighted by Crippen LogP contribution is -2.14. The molecule has 5 nitrogen and oxygen atoms in total. The van der Waals surface area contributed by atoms with E-state index in [-0.39, 0.29) is 17.7 Å². The molecule has 2 heterocycles. The number of nitrogens with zero attached hydrogens (tertiary/aromatic N) is 1. The molecule has 0 aliphatic heterocycles. The van der Waals surface area contributed by atoms with E-state index in [2.05, 4.69) is 15.6 Å². The molecule has 2 N–H and O–H groups in total. The lowest BCUT2D eigenvalue weighted by atomic mass is 10.3. The number of benzene rings is 1. The lowest BCUT2D eigenvalue weighted by Gasteiger charge is -2.06. The number of nitrogens with one attached hydrogen (secondary N) is 2. The standard InChI is InChI=1S/C19H17N3O2S3/c23-17(22-19-21-15(10-27-19)16-2-1-9-25-16)11-26-14-7-5-13(6-8-14)20-18(24)12-3-4-12/h1-2,5-10,12H,3-4,11H2,(H,20,24)(H,21,22,23). The molecule has 0 bridgehead atoms. The average Bonchev–Trinajstić information content (AvgIpc) is 3.18. The van der Waals surface area contributed by atoms with Gasteiger partial charge < -0.3 is 10.6 Å². The zero-order valence-electron chi connectivity index (χ0n) is 14.3. The first-order valence-corrected chi connectivity index (χ1v) is 11.2. The Morgan fingerprint density at radius 1 is 1.11 bits per heavy atom. The number of carbonyl (C=O) groups excluding carboxylic acids is 2. The number of thioether (sulfide) groups is 1. The van der Waals surface area contributed by atoms with Crippen LogP contribution in [-0.4, -0.2) is 22.6 Å². The van der Waals surface area contributed by atoms with Gasteiger partial charge in [-0.2, -0.15) is 0 Å². The summed E-state index contributed by atoms with van der Waals surface area (Å²) < 4.78 is 0. The van der Waals surface area contributed by atoms with Crippen LogP contribution in [0.15, 0.2) is 52.1 Å². The third-order valence-corrected chi connectivity index (χ3v) is 6.63. The second kappa shape index (κ2) is 8.24. The van der Waals surface area contributed by atoms with Crippen molar-refractivity contribution in [2.24, 2.45) is 5.92 Å². The summed E-state index contributed by atoms with van der Waals surface area (Å²) in [5, 5.41) is 10.3. The van der Waals surface area contributed by atoms with E-state index in [9.17, 15) is 9.59 Å². The molecule has 2 amide bonds. The monoisotopic (exact) mass is 415 g/mol. The van der Waals surface area contributed by atoms with E-state index in [0.29, 0.717) is 10.9 Å². The summed E-state index contributed by atoms with van der Waals surface area (Å²) in [6.07, 6.45) is 1.98. The number of thiophene rings is 1. The van der Waals surface area contributed by atoms with Gasteiger partial charge in [0.15, 0.2) is 5.13 Å². The van der Waals surface area contributed by atoms with Gasteiger partial charge in [0.2, 0.25) is 11.8 Å². The Kier molecular flexibility index (Phi) is 5.56. The van der Waals surface area contributed by atoms with E-state index < -0.39 is 0 Å². The largest absolute Gasteiger partial charge is 0.326 e. The molecule has 27 heavy (non-hydrogen) atoms. The van der Waals surface area contributed by atoms with Gasteiger partial charge in [-0.25, -0.2) is 4.98 Å². The Labute approximate surface area is 169 Å². The second-order valence-electron chi connectivity index (χ2n) is 6.14. The van der Waals surface area contributed by atoms with Crippen LogP contribution in [0.2, 0.25) is 0 Å². The Morgan fingerprint density at radius 3 is 2.63 bits per heavy atom. The van der Waals surface area contributed by atoms with Gasteiger partial charge in [0, 0.05) is 21.9 Å². The molecule has 0 saturated heterocycles. The maximum Gasteiger partial charge on any atom is 0.236 e. The third-order valence-electron chi connectivity index (χ3n) is 3.96. The third kappa shape index (κ3) is 4.97. The van der Waals surface area contributed by atoms with Gasteiger partial charge in [-0.1, -0.05) is 6.07 Å². The molecule has 1 aliphatic rings. The summed E-state index contributed by atoms with van der Waals surface area (Å²) >= 11 is 4.51. The Morgan fingerprint density at radius 2 is 1.93 bits per heavy atom. The molecule has 2 aromatic heterocycles. The van der Waals surface area contributed by atoms with Gasteiger partial charge >= 0.3 is 0 Å². The molecule has 1 aliphatic carbocycles. The molecule has 138 valence electrons. The minimum absolute atomic E-state index is 0.0850. The minimum atomic E-state index is -0.0850. The molecule has 1 fully saturated rings. The summed E-state index contributed by atoms with van der Waals surface area (Å²) in [7, 11) is 0. The highest BCUT2D eigenvalue weighted by molar-refractivity contribution is 8.00. The molecular formula is C19H17N3O2S3. The quantitative estimate of drug-likeness (QED) is 0.536. The van der Waals surface area contributed by atoms with Crippen LogP contribution in [0.25, 0.3) is 10.6 Å². The van der Waals surface area contributed by atoms with E-state index in [4.69, 9.17) is 0 Å². The van der Waals surface area contributed by atoms with E-state index in [1.807, 2.05) is 47.2 Å². The maximum absolute atomic E-state index is 12.2. The Bertz CT molecular complexity index is 932. The number of hydrogen-bond donors (Lipinski definition) is 2. The van der Waals surface area contributed by atoms with E-state index in [0.717, 1.165) is 34.0 Å². The predicted octanol–water partition coefficient (Wildman–Crippen LogP) is 4.95. The van der Waals surface area contributed by atoms with Crippen LogP contribution in [0.3, 0.4) is 0 Å². The van der Waals surface area contributed by atoms with Gasteiger partial charge in [0.05, 0.1) is 16.3 Å². The van der Waals surface area contributed by atoms with Crippen LogP contribution in [0.4, 0.5) is 10.8 Å². The van der Waals surface area contributed by atoms with Crippen LogP contribution < -0.4 is 10.6 Å². The van der Waals surface area contributed by atoms with Crippen molar-refractivity contribution in [3.05, 3.63) is 47.2 Å². The first-order chi connectivity index (χ1) is 13.2. The normalized spacial score (nSPS) is 13.3. The van der Waals surface area contributed by atoms with Crippen molar-refractivity contribution in [3.8, 4) is 10.6 Å². The summed E-state index contributed by atoms with van der Waals surface area (Å²) in [5.41, 5.74) is 1.69. The molecule has 0 atom stereocenters. The summed E-state index contributed by atoms with van der Waals surface area (Å²) in [5.74, 6) is 0.508. The second-order valence-corrected chi connectivity index (χ2v) is 8.99. The molecule has 4 rings (SSSR count). The first-order valence-electron chi connectivity index (χ1n) is 8.50. The van der Waals surface area contributed by atoms with Crippen molar-refractivity contribution in [3.63, 3.8) is 0 Å². The number of aromatic nitrogens is 1. The zero-order chi connectivity index (χ0) is 18.6. The molecule has 0 radical (unpaired) electrons. The fourth-order valence-electron chi connectivity index (χ4n) is 2.40. The van der Waals surface area contributed by atoms with Crippen molar-refractivity contribution < 1.29 is 9.59 Å². The number of thiazole rings is 1. The Balaban J connectivity index is 1.26. The fraction of sp³-hybridized carbons (Fsp3) is 0.211. The van der Waals surface area contributed by atoms with Crippen LogP contribution in [-0.2, 0) is 9.59 Å². The smallest absolute Gasteiger partial charge is 0.236 e. The first kappa shape index (κ1) is 18.2. The van der Waals surface area contributed by atoms with Gasteiger partial charge in [0.25, 0.3) is 0 Å². The maximum atomic E-state index is 12.2. The highest BCUT2D eigenvalue weighted by atomic mass is 32.2. The Hall–Kier alpha value is -2.16. The van der Waals surface area contributed by atoms with Crippen LogP contribution in [0, 0.1) is 5.92 Å². The number of amides is 2. The van der Waals surface area contributed by atoms with Gasteiger partial charge in [-0.05, 0) is 48.6 Å². The average molecular weight is 416 g/mol. The minimum Gasteiger partial charge on any atom is -0.326 e. The van der Waals surface area contributed by atoms with Crippen LogP contribution in [0.1, 0.15) is 12.8 Å². The van der Waals surface area contributed by atoms with E-state index >= 15 is 0 Å². The van der Waals surface area contributed by atoms with E-state index in [1.165, 1.54) is 23.1 Å². The summed E-state index contributed by atoms with van der Waals surface area (Å²) in [6.45, 7) is 0. The highest BCUT2D eigenvalue weighted by Gasteiger charge is 2.29. The summed E-state index contributed by atoms with van der Waals surface area (Å²) in [6, 6.07) is 11.6. The van der Waals surface area contributed by atoms with Crippen molar-refractivity contribution in [2.45, 2.75) is 17.7 Å². The van der Waals surface area contributed by atoms with Crippen molar-refractivity contribution >= 4 is 57.1 Å². The van der Waals surface area contributed by atoms with Gasteiger partial charge in [-0.15, -0.1) is 34.4 Å². The van der Waals surface area contributed by atoms with Gasteiger partial charge in [0.1, 0.15) is 0 Å². The molecule has 8 heteroatoms. The SMILES string of the molecule is O=C(CSc1ccc(NC(=O)C2CC2)cc1)Nc1nc(-c2cccs2)cs1. The van der Waals surface area contributed by atoms with Crippen molar-refractivity contribution in [2.75, 3.05) is 16.4 Å². The molecule has 1 saturated carbocycles. The lowest BCUT2D eigenvalue weighted by molar-refractivity contribution is -0.117. The van der Waals surface area contributed by atoms with Crippen LogP contribution in [0.5, 0.6) is 0 Å². The topological polar surface area (TPSA) is 71.1 Å². The highest BCUT2D eigenvalue weighted by Crippen LogP contribution is 2.31. The van der Waals surface area contributed by atoms with Crippen molar-refractivity contribution in [1.82, 2.24) is 4.98 Å². The molecule has 3 aromatic rings. The van der Waals surface area contributed by atoms with Crippen LogP contribution >= 0.6 is 34.4 Å². The number of anilines is 2. The number of carbonyl (C=O) groups is 2. The van der Waals surface area contributed by atoms with E-state index in [1.54, 1.807) is 11.3 Å². The van der Waals surface area contributed by atoms with Crippen molar-refractivity contribution in [1.29, 1.82) is 0 Å². The predicted molar refractivity (Wildman–Crippen MR) is 113 cm³/mol. The summed E-state index contributed by atoms with van der Waals surface area (Å²) in [4.78, 5) is 30.4. The molecule has 0 unspecified atom stereocenters. The molecular weight excluding hydrogens is 398 g/mol. The molecule has 1 aromatic carbocycles.